The van der Waals surface area contributed by atoms with E-state index in [1.807, 2.05) is 0 Å². The van der Waals surface area contributed by atoms with Gasteiger partial charge in [0.1, 0.15) is 0 Å². The lowest BCUT2D eigenvalue weighted by Crippen LogP contribution is -2.27. The molecule has 0 spiro atoms. The van der Waals surface area contributed by atoms with Crippen LogP contribution < -0.4 is 0 Å². The van der Waals surface area contributed by atoms with Gasteiger partial charge in [0.25, 0.3) is 0 Å². The van der Waals surface area contributed by atoms with Crippen LogP contribution >= 0.6 is 0 Å². The first kappa shape index (κ1) is 11.3. The summed E-state index contributed by atoms with van der Waals surface area (Å²) in [4.78, 5) is 2.33. The summed E-state index contributed by atoms with van der Waals surface area (Å²) in [6.45, 7) is 10.2. The smallest absolute Gasteiger partial charge is 0.0441 e. The van der Waals surface area contributed by atoms with Gasteiger partial charge < -0.3 is 4.90 Å². The van der Waals surface area contributed by atoms with Crippen LogP contribution in [0.3, 0.4) is 0 Å². The van der Waals surface area contributed by atoms with Gasteiger partial charge >= 0.3 is 0 Å². The summed E-state index contributed by atoms with van der Waals surface area (Å²) in [5, 5.41) is 0. The molecule has 0 aliphatic carbocycles. The Morgan fingerprint density at radius 2 is 2.00 bits per heavy atom. The maximum Gasteiger partial charge on any atom is 0.0441 e. The van der Waals surface area contributed by atoms with E-state index in [4.69, 9.17) is 0 Å². The lowest BCUT2D eigenvalue weighted by atomic mass is 9.80. The second kappa shape index (κ2) is 3.97. The highest BCUT2D eigenvalue weighted by molar-refractivity contribution is 5.43. The molecule has 86 valence electrons. The highest BCUT2D eigenvalue weighted by Crippen LogP contribution is 2.36. The second-order valence-electron chi connectivity index (χ2n) is 5.52. The Kier molecular flexibility index (Phi) is 2.79. The Labute approximate surface area is 98.8 Å². The summed E-state index contributed by atoms with van der Waals surface area (Å²) in [6, 6.07) is 0. The van der Waals surface area contributed by atoms with Crippen molar-refractivity contribution in [2.24, 2.45) is 5.41 Å². The van der Waals surface area contributed by atoms with Crippen LogP contribution in [-0.2, 0) is 0 Å². The Balaban J connectivity index is 2.42. The van der Waals surface area contributed by atoms with Gasteiger partial charge in [-0.25, -0.2) is 0 Å². The van der Waals surface area contributed by atoms with E-state index in [2.05, 4.69) is 63.1 Å². The van der Waals surface area contributed by atoms with E-state index in [0.717, 1.165) is 13.0 Å². The molecule has 16 heavy (non-hydrogen) atoms. The quantitative estimate of drug-likeness (QED) is 0.638. The molecule has 0 radical (unpaired) electrons. The Hall–Kier alpha value is -1.24. The van der Waals surface area contributed by atoms with Gasteiger partial charge in [-0.05, 0) is 41.2 Å². The van der Waals surface area contributed by atoms with Crippen LogP contribution in [0.4, 0.5) is 0 Å². The van der Waals surface area contributed by atoms with Gasteiger partial charge in [0.2, 0.25) is 0 Å². The largest absolute Gasteiger partial charge is 0.344 e. The van der Waals surface area contributed by atoms with E-state index in [1.165, 1.54) is 11.3 Å². The van der Waals surface area contributed by atoms with Crippen LogP contribution in [-0.4, -0.2) is 11.4 Å². The van der Waals surface area contributed by atoms with Gasteiger partial charge in [0, 0.05) is 18.4 Å². The van der Waals surface area contributed by atoms with Crippen molar-refractivity contribution in [3.8, 4) is 0 Å². The zero-order chi connectivity index (χ0) is 11.8. The van der Waals surface area contributed by atoms with Crippen LogP contribution in [0.2, 0.25) is 0 Å². The molecule has 0 unspecified atom stereocenters. The molecule has 2 aliphatic heterocycles. The molecular weight excluding hydrogens is 194 g/mol. The molecule has 0 fully saturated rings. The molecule has 0 amide bonds. The van der Waals surface area contributed by atoms with Gasteiger partial charge in [-0.3, -0.25) is 0 Å². The fourth-order valence-electron chi connectivity index (χ4n) is 2.35. The summed E-state index contributed by atoms with van der Waals surface area (Å²) in [7, 11) is 0. The molecule has 0 saturated heterocycles. The van der Waals surface area contributed by atoms with E-state index in [9.17, 15) is 0 Å². The Morgan fingerprint density at radius 1 is 1.25 bits per heavy atom. The fourth-order valence-corrected chi connectivity index (χ4v) is 2.35. The molecule has 2 aliphatic rings. The van der Waals surface area contributed by atoms with E-state index < -0.39 is 0 Å². The van der Waals surface area contributed by atoms with E-state index in [0.29, 0.717) is 0 Å². The molecule has 0 atom stereocenters. The van der Waals surface area contributed by atoms with Crippen LogP contribution in [0.15, 0.2) is 47.3 Å². The minimum Gasteiger partial charge on any atom is -0.344 e. The molecule has 0 aromatic heterocycles. The van der Waals surface area contributed by atoms with Crippen molar-refractivity contribution in [3.05, 3.63) is 47.3 Å². The maximum atomic E-state index is 2.35. The third kappa shape index (κ3) is 1.99. The Bertz CT molecular complexity index is 400. The monoisotopic (exact) mass is 215 g/mol. The topological polar surface area (TPSA) is 3.24 Å². The lowest BCUT2D eigenvalue weighted by molar-refractivity contribution is 0.453. The SMILES string of the molecule is CCC1=C(C(C)(C)C)C=C2C=CC=CN2C1. The van der Waals surface area contributed by atoms with Crippen LogP contribution in [0.5, 0.6) is 0 Å². The van der Waals surface area contributed by atoms with Crippen molar-refractivity contribution in [2.75, 3.05) is 6.54 Å². The van der Waals surface area contributed by atoms with Crippen LogP contribution in [0, 0.1) is 5.41 Å². The predicted molar refractivity (Wildman–Crippen MR) is 69.8 cm³/mol. The van der Waals surface area contributed by atoms with Gasteiger partial charge in [0.15, 0.2) is 0 Å². The molecule has 0 saturated carbocycles. The normalized spacial score (nSPS) is 20.0. The first-order chi connectivity index (χ1) is 7.52. The number of hydrogen-bond donors (Lipinski definition) is 0. The van der Waals surface area contributed by atoms with Gasteiger partial charge in [0.05, 0.1) is 0 Å². The maximum absolute atomic E-state index is 2.35. The number of hydrogen-bond acceptors (Lipinski definition) is 1. The van der Waals surface area contributed by atoms with E-state index in [1.54, 1.807) is 5.57 Å². The highest BCUT2D eigenvalue weighted by atomic mass is 15.1. The molecule has 0 aromatic carbocycles. The van der Waals surface area contributed by atoms with Gasteiger partial charge in [-0.2, -0.15) is 0 Å². The van der Waals surface area contributed by atoms with Crippen molar-refractivity contribution in [1.29, 1.82) is 0 Å². The zero-order valence-corrected chi connectivity index (χ0v) is 10.7. The molecular formula is C15H21N. The number of allylic oxidation sites excluding steroid dienone is 5. The molecule has 0 bridgehead atoms. The lowest BCUT2D eigenvalue weighted by Gasteiger charge is -2.35. The highest BCUT2D eigenvalue weighted by Gasteiger charge is 2.24. The minimum atomic E-state index is 0.249. The minimum absolute atomic E-state index is 0.249. The molecule has 1 heteroatoms. The molecule has 2 heterocycles. The van der Waals surface area contributed by atoms with Crippen molar-refractivity contribution in [2.45, 2.75) is 34.1 Å². The first-order valence-corrected chi connectivity index (χ1v) is 6.08. The summed E-state index contributed by atoms with van der Waals surface area (Å²) in [6.07, 6.45) is 12.1. The number of rotatable bonds is 1. The van der Waals surface area contributed by atoms with Crippen molar-refractivity contribution in [1.82, 2.24) is 4.90 Å². The van der Waals surface area contributed by atoms with Crippen molar-refractivity contribution in [3.63, 3.8) is 0 Å². The molecule has 2 rings (SSSR count). The van der Waals surface area contributed by atoms with E-state index >= 15 is 0 Å². The average Bonchev–Trinajstić information content (AvgIpc) is 2.26. The van der Waals surface area contributed by atoms with Crippen molar-refractivity contribution >= 4 is 0 Å². The van der Waals surface area contributed by atoms with Gasteiger partial charge in [-0.1, -0.05) is 33.8 Å². The third-order valence-corrected chi connectivity index (χ3v) is 3.24. The number of nitrogens with zero attached hydrogens (tertiary/aromatic N) is 1. The molecule has 1 nitrogen and oxygen atoms in total. The van der Waals surface area contributed by atoms with Crippen LogP contribution in [0.25, 0.3) is 0 Å². The molecule has 0 N–H and O–H groups in total. The average molecular weight is 215 g/mol. The second-order valence-corrected chi connectivity index (χ2v) is 5.52. The number of fused-ring (bicyclic) bond motifs is 1. The fraction of sp³-hybridized carbons (Fsp3) is 0.467. The summed E-state index contributed by atoms with van der Waals surface area (Å²) >= 11 is 0. The third-order valence-electron chi connectivity index (χ3n) is 3.24. The van der Waals surface area contributed by atoms with Gasteiger partial charge in [-0.15, -0.1) is 0 Å². The summed E-state index contributed by atoms with van der Waals surface area (Å²) in [5.74, 6) is 0. The summed E-state index contributed by atoms with van der Waals surface area (Å²) < 4.78 is 0. The standard InChI is InChI=1S/C15H21N/c1-5-12-11-16-9-7-6-8-13(16)10-14(12)15(2,3)4/h6-10H,5,11H2,1-4H3. The Morgan fingerprint density at radius 3 is 2.62 bits per heavy atom. The van der Waals surface area contributed by atoms with E-state index in [-0.39, 0.29) is 5.41 Å². The first-order valence-electron chi connectivity index (χ1n) is 6.08. The van der Waals surface area contributed by atoms with Crippen LogP contribution in [0.1, 0.15) is 34.1 Å². The zero-order valence-electron chi connectivity index (χ0n) is 10.7. The van der Waals surface area contributed by atoms with Crippen molar-refractivity contribution < 1.29 is 0 Å². The predicted octanol–water partition coefficient (Wildman–Crippen LogP) is 4.02. The molecule has 0 aromatic rings. The summed E-state index contributed by atoms with van der Waals surface area (Å²) in [5.41, 5.74) is 4.65.